The molecular weight excluding hydrogens is 311 g/mol. The Morgan fingerprint density at radius 2 is 2.13 bits per heavy atom. The lowest BCUT2D eigenvalue weighted by molar-refractivity contribution is 0.488. The minimum absolute atomic E-state index is 0.183. The summed E-state index contributed by atoms with van der Waals surface area (Å²) in [6, 6.07) is 6.77. The number of nitrogens with zero attached hydrogens (tertiary/aromatic N) is 4. The maximum Gasteiger partial charge on any atom is 0.142 e. The fourth-order valence-corrected chi connectivity index (χ4v) is 3.69. The number of hydrogen-bond donors (Lipinski definition) is 0. The van der Waals surface area contributed by atoms with Crippen LogP contribution in [0.4, 0.5) is 10.1 Å². The third-order valence-corrected chi connectivity index (χ3v) is 4.92. The van der Waals surface area contributed by atoms with Gasteiger partial charge in [-0.3, -0.25) is 0 Å². The van der Waals surface area contributed by atoms with E-state index in [1.54, 1.807) is 0 Å². The molecule has 1 unspecified atom stereocenters. The van der Waals surface area contributed by atoms with E-state index in [1.807, 2.05) is 36.1 Å². The van der Waals surface area contributed by atoms with Gasteiger partial charge in [0.2, 0.25) is 0 Å². The van der Waals surface area contributed by atoms with E-state index < -0.39 is 0 Å². The Kier molecular flexibility index (Phi) is 3.83. The van der Waals surface area contributed by atoms with Crippen LogP contribution >= 0.6 is 11.5 Å². The molecule has 1 atom stereocenters. The van der Waals surface area contributed by atoms with E-state index in [4.69, 9.17) is 0 Å². The third kappa shape index (κ3) is 2.99. The molecule has 1 aliphatic rings. The topological polar surface area (TPSA) is 34.0 Å². The molecule has 2 aromatic heterocycles. The molecule has 1 aromatic carbocycles. The van der Waals surface area contributed by atoms with Gasteiger partial charge in [0.05, 0.1) is 6.20 Å². The van der Waals surface area contributed by atoms with Crippen molar-refractivity contribution < 1.29 is 4.39 Å². The van der Waals surface area contributed by atoms with Gasteiger partial charge in [0, 0.05) is 48.7 Å². The molecule has 0 spiro atoms. The van der Waals surface area contributed by atoms with E-state index in [0.717, 1.165) is 43.1 Å². The van der Waals surface area contributed by atoms with Gasteiger partial charge in [-0.2, -0.15) is 0 Å². The molecule has 1 saturated heterocycles. The highest BCUT2D eigenvalue weighted by Gasteiger charge is 2.24. The van der Waals surface area contributed by atoms with E-state index in [0.29, 0.717) is 5.92 Å². The Labute approximate surface area is 138 Å². The van der Waals surface area contributed by atoms with Crippen LogP contribution in [0.3, 0.4) is 0 Å². The molecule has 0 radical (unpaired) electrons. The van der Waals surface area contributed by atoms with Gasteiger partial charge in [-0.1, -0.05) is 0 Å². The quantitative estimate of drug-likeness (QED) is 0.733. The van der Waals surface area contributed by atoms with Gasteiger partial charge in [-0.25, -0.2) is 13.7 Å². The lowest BCUT2D eigenvalue weighted by Gasteiger charge is -2.19. The van der Waals surface area contributed by atoms with Crippen LogP contribution in [0.1, 0.15) is 6.42 Å². The summed E-state index contributed by atoms with van der Waals surface area (Å²) >= 11 is 1.45. The van der Waals surface area contributed by atoms with Crippen molar-refractivity contribution in [1.82, 2.24) is 13.9 Å². The van der Waals surface area contributed by atoms with Crippen molar-refractivity contribution in [2.24, 2.45) is 5.92 Å². The molecule has 0 amide bonds. The summed E-state index contributed by atoms with van der Waals surface area (Å²) in [4.78, 5) is 6.79. The second-order valence-corrected chi connectivity index (χ2v) is 6.55. The van der Waals surface area contributed by atoms with Gasteiger partial charge in [0.1, 0.15) is 11.6 Å². The number of hydrogen-bond acceptors (Lipinski definition) is 4. The summed E-state index contributed by atoms with van der Waals surface area (Å²) in [5.74, 6) is 1.37. The summed E-state index contributed by atoms with van der Waals surface area (Å²) in [5.41, 5.74) is 2.18. The molecular formula is C17H17FN4S. The van der Waals surface area contributed by atoms with E-state index >= 15 is 0 Å². The number of anilines is 1. The van der Waals surface area contributed by atoms with E-state index in [-0.39, 0.29) is 5.82 Å². The Balaban J connectivity index is 1.45. The van der Waals surface area contributed by atoms with Crippen molar-refractivity contribution in [1.29, 1.82) is 0 Å². The summed E-state index contributed by atoms with van der Waals surface area (Å²) in [5, 5.41) is 2.03. The molecule has 3 aromatic rings. The van der Waals surface area contributed by atoms with Crippen molar-refractivity contribution >= 4 is 17.2 Å². The minimum atomic E-state index is -0.183. The molecule has 118 valence electrons. The van der Waals surface area contributed by atoms with Crippen molar-refractivity contribution in [2.45, 2.75) is 13.0 Å². The molecule has 3 heterocycles. The normalized spacial score (nSPS) is 17.8. The zero-order valence-electron chi connectivity index (χ0n) is 12.6. The fourth-order valence-electron chi connectivity index (χ4n) is 3.18. The molecule has 4 rings (SSSR count). The summed E-state index contributed by atoms with van der Waals surface area (Å²) in [7, 11) is 0. The molecule has 1 aliphatic heterocycles. The largest absolute Gasteiger partial charge is 0.371 e. The molecule has 0 aliphatic carbocycles. The molecule has 0 saturated carbocycles. The van der Waals surface area contributed by atoms with Crippen molar-refractivity contribution in [3.63, 3.8) is 0 Å². The smallest absolute Gasteiger partial charge is 0.142 e. The molecule has 4 nitrogen and oxygen atoms in total. The minimum Gasteiger partial charge on any atom is -0.371 e. The third-order valence-electron chi connectivity index (χ3n) is 4.34. The van der Waals surface area contributed by atoms with Crippen LogP contribution in [0.5, 0.6) is 0 Å². The SMILES string of the molecule is Fc1ccc(N2CCC(Cn3ccnc3-c3cnsc3)C2)cc1. The van der Waals surface area contributed by atoms with Gasteiger partial charge < -0.3 is 9.47 Å². The molecule has 23 heavy (non-hydrogen) atoms. The number of imidazole rings is 1. The second-order valence-electron chi connectivity index (χ2n) is 5.89. The van der Waals surface area contributed by atoms with Gasteiger partial charge in [-0.05, 0) is 48.1 Å². The van der Waals surface area contributed by atoms with E-state index in [2.05, 4.69) is 18.8 Å². The van der Waals surface area contributed by atoms with Gasteiger partial charge in [0.15, 0.2) is 0 Å². The van der Waals surface area contributed by atoms with Crippen LogP contribution in [0.15, 0.2) is 48.2 Å². The molecule has 0 N–H and O–H groups in total. The molecule has 1 fully saturated rings. The Morgan fingerprint density at radius 3 is 2.91 bits per heavy atom. The monoisotopic (exact) mass is 328 g/mol. The first-order chi connectivity index (χ1) is 11.3. The predicted octanol–water partition coefficient (Wildman–Crippen LogP) is 3.67. The highest BCUT2D eigenvalue weighted by Crippen LogP contribution is 2.27. The zero-order valence-corrected chi connectivity index (χ0v) is 13.4. The standard InChI is InChI=1S/C17H17FN4S/c18-15-1-3-16(4-2-15)21-7-5-13(10-21)11-22-8-6-19-17(22)14-9-20-23-12-14/h1-4,6,8-9,12-13H,5,7,10-11H2. The van der Waals surface area contributed by atoms with E-state index in [9.17, 15) is 4.39 Å². The average Bonchev–Trinajstić information content (AvgIpc) is 3.29. The summed E-state index contributed by atoms with van der Waals surface area (Å²) < 4.78 is 19.4. The number of aromatic nitrogens is 3. The maximum atomic E-state index is 13.0. The summed E-state index contributed by atoms with van der Waals surface area (Å²) in [6.45, 7) is 2.95. The van der Waals surface area contributed by atoms with Gasteiger partial charge >= 0.3 is 0 Å². The number of halogens is 1. The lowest BCUT2D eigenvalue weighted by Crippen LogP contribution is -2.21. The van der Waals surface area contributed by atoms with Gasteiger partial charge in [-0.15, -0.1) is 0 Å². The first kappa shape index (κ1) is 14.4. The average molecular weight is 328 g/mol. The highest BCUT2D eigenvalue weighted by atomic mass is 32.1. The second kappa shape index (κ2) is 6.12. The first-order valence-corrected chi connectivity index (χ1v) is 8.54. The zero-order chi connectivity index (χ0) is 15.6. The fraction of sp³-hybridized carbons (Fsp3) is 0.294. The van der Waals surface area contributed by atoms with Crippen molar-refractivity contribution in [3.05, 3.63) is 54.1 Å². The maximum absolute atomic E-state index is 13.0. The highest BCUT2D eigenvalue weighted by molar-refractivity contribution is 7.03. The van der Waals surface area contributed by atoms with Crippen LogP contribution in [0.25, 0.3) is 11.4 Å². The van der Waals surface area contributed by atoms with Crippen LogP contribution in [0.2, 0.25) is 0 Å². The summed E-state index contributed by atoms with van der Waals surface area (Å²) in [6.07, 6.45) is 6.88. The van der Waals surface area contributed by atoms with Crippen LogP contribution in [-0.4, -0.2) is 27.0 Å². The van der Waals surface area contributed by atoms with Crippen LogP contribution in [-0.2, 0) is 6.54 Å². The Hall–Kier alpha value is -2.21. The Morgan fingerprint density at radius 1 is 1.26 bits per heavy atom. The van der Waals surface area contributed by atoms with Gasteiger partial charge in [0.25, 0.3) is 0 Å². The molecule has 6 heteroatoms. The van der Waals surface area contributed by atoms with Crippen molar-refractivity contribution in [3.8, 4) is 11.4 Å². The molecule has 0 bridgehead atoms. The van der Waals surface area contributed by atoms with Crippen molar-refractivity contribution in [2.75, 3.05) is 18.0 Å². The number of benzene rings is 1. The number of rotatable bonds is 4. The van der Waals surface area contributed by atoms with Crippen LogP contribution < -0.4 is 4.90 Å². The lowest BCUT2D eigenvalue weighted by atomic mass is 10.1. The predicted molar refractivity (Wildman–Crippen MR) is 90.1 cm³/mol. The Bertz CT molecular complexity index is 766. The van der Waals surface area contributed by atoms with E-state index in [1.165, 1.54) is 23.7 Å². The first-order valence-electron chi connectivity index (χ1n) is 7.71. The van der Waals surface area contributed by atoms with Crippen LogP contribution in [0, 0.1) is 11.7 Å².